The lowest BCUT2D eigenvalue weighted by Gasteiger charge is -2.15. The number of rotatable bonds is 8. The first-order valence-corrected chi connectivity index (χ1v) is 12.9. The summed E-state index contributed by atoms with van der Waals surface area (Å²) in [6.07, 6.45) is 1.51. The van der Waals surface area contributed by atoms with Gasteiger partial charge in [-0.2, -0.15) is 5.10 Å². The van der Waals surface area contributed by atoms with Crippen LogP contribution in [0.15, 0.2) is 101 Å². The Hall–Kier alpha value is -4.36. The largest absolute Gasteiger partial charge is 0.507 e. The first-order valence-electron chi connectivity index (χ1n) is 12.1. The molecule has 0 bridgehead atoms. The summed E-state index contributed by atoms with van der Waals surface area (Å²) in [5.41, 5.74) is 4.37. The number of carbonyl (C=O) groups excluding carboxylic acids is 1. The zero-order chi connectivity index (χ0) is 26.5. The van der Waals surface area contributed by atoms with E-state index in [4.69, 9.17) is 9.47 Å². The van der Waals surface area contributed by atoms with Crippen LogP contribution in [-0.4, -0.2) is 23.8 Å². The minimum absolute atomic E-state index is 0.106. The molecule has 0 heterocycles. The van der Waals surface area contributed by atoms with Gasteiger partial charge in [0.15, 0.2) is 11.5 Å². The Bertz CT molecular complexity index is 1670. The van der Waals surface area contributed by atoms with Gasteiger partial charge < -0.3 is 14.6 Å². The van der Waals surface area contributed by atoms with Crippen molar-refractivity contribution in [3.8, 4) is 17.2 Å². The summed E-state index contributed by atoms with van der Waals surface area (Å²) in [5, 5.41) is 18.4. The van der Waals surface area contributed by atoms with Gasteiger partial charge in [0.1, 0.15) is 12.4 Å². The molecule has 190 valence electrons. The first-order chi connectivity index (χ1) is 18.5. The lowest BCUT2D eigenvalue weighted by atomic mass is 10.1. The molecule has 6 nitrogen and oxygen atoms in total. The molecule has 1 amide bonds. The molecule has 0 aliphatic carbocycles. The zero-order valence-corrected chi connectivity index (χ0v) is 22.2. The quantitative estimate of drug-likeness (QED) is 0.153. The average Bonchev–Trinajstić information content (AvgIpc) is 2.92. The Balaban J connectivity index is 1.30. The molecule has 2 N–H and O–H groups in total. The summed E-state index contributed by atoms with van der Waals surface area (Å²) >= 11 is 3.58. The molecule has 5 aromatic carbocycles. The maximum Gasteiger partial charge on any atom is 0.275 e. The standard InChI is InChI=1S/C31H25BrN2O4/c1-2-37-29-15-21(18-33-34-31(36)26-16-24-9-5-6-10-25(24)17-28(26)35)14-27(32)30(29)38-19-20-11-12-22-7-3-4-8-23(22)13-20/h3-18,35H,2,19H2,1H3,(H,34,36). The van der Waals surface area contributed by atoms with Crippen molar-refractivity contribution in [1.82, 2.24) is 5.43 Å². The van der Waals surface area contributed by atoms with E-state index in [1.807, 2.05) is 55.5 Å². The summed E-state index contributed by atoms with van der Waals surface area (Å²) in [7, 11) is 0. The summed E-state index contributed by atoms with van der Waals surface area (Å²) in [6.45, 7) is 2.73. The van der Waals surface area contributed by atoms with E-state index in [0.717, 1.165) is 21.7 Å². The van der Waals surface area contributed by atoms with Crippen molar-refractivity contribution in [2.75, 3.05) is 6.61 Å². The molecule has 0 saturated carbocycles. The molecule has 5 rings (SSSR count). The molecule has 7 heteroatoms. The van der Waals surface area contributed by atoms with Crippen LogP contribution in [0.5, 0.6) is 17.2 Å². The molecule has 0 radical (unpaired) electrons. The Labute approximate surface area is 228 Å². The van der Waals surface area contributed by atoms with E-state index < -0.39 is 5.91 Å². The second-order valence-electron chi connectivity index (χ2n) is 8.65. The predicted octanol–water partition coefficient (Wildman–Crippen LogP) is 7.20. The van der Waals surface area contributed by atoms with E-state index in [-0.39, 0.29) is 11.3 Å². The lowest BCUT2D eigenvalue weighted by molar-refractivity contribution is 0.0952. The number of hydrazone groups is 1. The smallest absolute Gasteiger partial charge is 0.275 e. The number of nitrogens with one attached hydrogen (secondary N) is 1. The Kier molecular flexibility index (Phi) is 7.56. The third-order valence-electron chi connectivity index (χ3n) is 6.02. The number of phenols is 1. The number of phenolic OH excluding ortho intramolecular Hbond substituents is 1. The van der Waals surface area contributed by atoms with Gasteiger partial charge in [-0.05, 0) is 85.9 Å². The second-order valence-corrected chi connectivity index (χ2v) is 9.50. The lowest BCUT2D eigenvalue weighted by Crippen LogP contribution is -2.17. The van der Waals surface area contributed by atoms with Crippen LogP contribution in [0, 0.1) is 0 Å². The van der Waals surface area contributed by atoms with Crippen LogP contribution in [-0.2, 0) is 6.61 Å². The minimum atomic E-state index is -0.510. The summed E-state index contributed by atoms with van der Waals surface area (Å²) in [4.78, 5) is 12.7. The fraction of sp³-hybridized carbons (Fsp3) is 0.0968. The second kappa shape index (κ2) is 11.4. The van der Waals surface area contributed by atoms with Gasteiger partial charge in [0.2, 0.25) is 0 Å². The molecule has 5 aromatic rings. The Morgan fingerprint density at radius 2 is 1.58 bits per heavy atom. The van der Waals surface area contributed by atoms with Crippen LogP contribution in [0.2, 0.25) is 0 Å². The fourth-order valence-corrected chi connectivity index (χ4v) is 4.76. The van der Waals surface area contributed by atoms with Crippen LogP contribution >= 0.6 is 15.9 Å². The SMILES string of the molecule is CCOc1cc(C=NNC(=O)c2cc3ccccc3cc2O)cc(Br)c1OCc1ccc2ccccc2c1. The molecule has 0 atom stereocenters. The van der Waals surface area contributed by atoms with Crippen LogP contribution in [0.4, 0.5) is 0 Å². The maximum absolute atomic E-state index is 12.7. The van der Waals surface area contributed by atoms with Gasteiger partial charge in [0.05, 0.1) is 22.9 Å². The fourth-order valence-electron chi connectivity index (χ4n) is 4.19. The minimum Gasteiger partial charge on any atom is -0.507 e. The number of carbonyl (C=O) groups is 1. The number of halogens is 1. The predicted molar refractivity (Wildman–Crippen MR) is 154 cm³/mol. The number of aromatic hydroxyl groups is 1. The molecular formula is C31H25BrN2O4. The van der Waals surface area contributed by atoms with Gasteiger partial charge in [0.25, 0.3) is 5.91 Å². The highest BCUT2D eigenvalue weighted by Crippen LogP contribution is 2.37. The summed E-state index contributed by atoms with van der Waals surface area (Å²) < 4.78 is 12.7. The van der Waals surface area contributed by atoms with Crippen molar-refractivity contribution in [2.24, 2.45) is 5.10 Å². The molecule has 0 aliphatic heterocycles. The van der Waals surface area contributed by atoms with E-state index in [9.17, 15) is 9.90 Å². The van der Waals surface area contributed by atoms with E-state index in [0.29, 0.717) is 34.7 Å². The van der Waals surface area contributed by atoms with Crippen LogP contribution in [0.3, 0.4) is 0 Å². The zero-order valence-electron chi connectivity index (χ0n) is 20.6. The molecular weight excluding hydrogens is 544 g/mol. The summed E-state index contributed by atoms with van der Waals surface area (Å²) in [5.74, 6) is 0.527. The van der Waals surface area contributed by atoms with Gasteiger partial charge in [-0.3, -0.25) is 4.79 Å². The van der Waals surface area contributed by atoms with Gasteiger partial charge in [-0.15, -0.1) is 0 Å². The van der Waals surface area contributed by atoms with Gasteiger partial charge in [0, 0.05) is 0 Å². The van der Waals surface area contributed by atoms with E-state index >= 15 is 0 Å². The van der Waals surface area contributed by atoms with E-state index in [1.54, 1.807) is 18.2 Å². The van der Waals surface area contributed by atoms with Crippen molar-refractivity contribution in [2.45, 2.75) is 13.5 Å². The van der Waals surface area contributed by atoms with Crippen molar-refractivity contribution >= 4 is 49.6 Å². The van der Waals surface area contributed by atoms with Gasteiger partial charge in [-0.25, -0.2) is 5.43 Å². The highest BCUT2D eigenvalue weighted by atomic mass is 79.9. The van der Waals surface area contributed by atoms with Crippen molar-refractivity contribution in [1.29, 1.82) is 0 Å². The molecule has 0 saturated heterocycles. The van der Waals surface area contributed by atoms with Crippen LogP contribution in [0.25, 0.3) is 21.5 Å². The summed E-state index contributed by atoms with van der Waals surface area (Å²) in [6, 6.07) is 28.8. The monoisotopic (exact) mass is 568 g/mol. The van der Waals surface area contributed by atoms with Gasteiger partial charge in [-0.1, -0.05) is 60.7 Å². The molecule has 0 unspecified atom stereocenters. The number of amides is 1. The highest BCUT2D eigenvalue weighted by Gasteiger charge is 2.14. The third-order valence-corrected chi connectivity index (χ3v) is 6.61. The van der Waals surface area contributed by atoms with E-state index in [1.165, 1.54) is 11.6 Å². The highest BCUT2D eigenvalue weighted by molar-refractivity contribution is 9.10. The topological polar surface area (TPSA) is 80.2 Å². The molecule has 0 aromatic heterocycles. The van der Waals surface area contributed by atoms with Crippen LogP contribution < -0.4 is 14.9 Å². The Morgan fingerprint density at radius 3 is 2.32 bits per heavy atom. The van der Waals surface area contributed by atoms with E-state index in [2.05, 4.69) is 50.7 Å². The number of hydrogen-bond acceptors (Lipinski definition) is 5. The third kappa shape index (κ3) is 5.63. The molecule has 0 aliphatic rings. The number of ether oxygens (including phenoxy) is 2. The van der Waals surface area contributed by atoms with Crippen molar-refractivity contribution < 1.29 is 19.4 Å². The molecule has 38 heavy (non-hydrogen) atoms. The number of nitrogens with zero attached hydrogens (tertiary/aromatic N) is 1. The molecule has 0 fully saturated rings. The van der Waals surface area contributed by atoms with Gasteiger partial charge >= 0.3 is 0 Å². The molecule has 0 spiro atoms. The number of benzene rings is 5. The number of fused-ring (bicyclic) bond motifs is 2. The average molecular weight is 569 g/mol. The van der Waals surface area contributed by atoms with Crippen molar-refractivity contribution in [3.05, 3.63) is 112 Å². The normalized spacial score (nSPS) is 11.2. The van der Waals surface area contributed by atoms with Crippen molar-refractivity contribution in [3.63, 3.8) is 0 Å². The first kappa shape index (κ1) is 25.3. The number of hydrogen-bond donors (Lipinski definition) is 2. The van der Waals surface area contributed by atoms with Crippen LogP contribution in [0.1, 0.15) is 28.4 Å². The maximum atomic E-state index is 12.7. The Morgan fingerprint density at radius 1 is 0.895 bits per heavy atom.